The van der Waals surface area contributed by atoms with E-state index in [9.17, 15) is 9.90 Å². The van der Waals surface area contributed by atoms with Gasteiger partial charge in [0.25, 0.3) is 0 Å². The van der Waals surface area contributed by atoms with Crippen molar-refractivity contribution in [3.63, 3.8) is 0 Å². The van der Waals surface area contributed by atoms with Crippen LogP contribution in [0.4, 0.5) is 0 Å². The zero-order valence-corrected chi connectivity index (χ0v) is 9.70. The molecule has 0 bridgehead atoms. The molecule has 0 aromatic heterocycles. The van der Waals surface area contributed by atoms with Crippen LogP contribution in [0.2, 0.25) is 0 Å². The fourth-order valence-corrected chi connectivity index (χ4v) is 1.84. The maximum Gasteiger partial charge on any atom is 0.338 e. The normalized spacial score (nSPS) is 28.0. The number of hydrogen-bond donors (Lipinski definition) is 1. The Kier molecular flexibility index (Phi) is 3.76. The summed E-state index contributed by atoms with van der Waals surface area (Å²) in [6.07, 6.45) is -0.331. The van der Waals surface area contributed by atoms with Crippen molar-refractivity contribution in [1.82, 2.24) is 0 Å². The van der Waals surface area contributed by atoms with Crippen LogP contribution in [0.15, 0.2) is 30.3 Å². The molecule has 0 amide bonds. The largest absolute Gasteiger partial charge is 0.459 e. The Morgan fingerprint density at radius 2 is 2.18 bits per heavy atom. The number of benzene rings is 1. The fraction of sp³-hybridized carbons (Fsp3) is 0.462. The van der Waals surface area contributed by atoms with E-state index in [0.717, 1.165) is 0 Å². The third-order valence-corrected chi connectivity index (χ3v) is 2.86. The molecule has 3 atom stereocenters. The lowest BCUT2D eigenvalue weighted by Crippen LogP contribution is -2.19. The first-order chi connectivity index (χ1) is 8.16. The predicted octanol–water partition coefficient (Wildman–Crippen LogP) is 1.38. The fourth-order valence-electron chi connectivity index (χ4n) is 1.84. The van der Waals surface area contributed by atoms with Crippen LogP contribution in [0.3, 0.4) is 0 Å². The van der Waals surface area contributed by atoms with Gasteiger partial charge in [0.15, 0.2) is 0 Å². The molecule has 1 N–H and O–H groups in total. The highest BCUT2D eigenvalue weighted by Gasteiger charge is 2.31. The molecule has 1 aliphatic rings. The van der Waals surface area contributed by atoms with E-state index in [0.29, 0.717) is 12.0 Å². The van der Waals surface area contributed by atoms with Gasteiger partial charge in [0, 0.05) is 6.42 Å². The number of carbonyl (C=O) groups excluding carboxylic acids is 1. The van der Waals surface area contributed by atoms with Crippen molar-refractivity contribution >= 4 is 5.97 Å². The van der Waals surface area contributed by atoms with E-state index < -0.39 is 6.10 Å². The molecule has 0 aliphatic carbocycles. The van der Waals surface area contributed by atoms with Gasteiger partial charge in [-0.25, -0.2) is 4.79 Å². The summed E-state index contributed by atoms with van der Waals surface area (Å²) in [4.78, 5) is 11.6. The molecule has 0 unspecified atom stereocenters. The Hall–Kier alpha value is -1.39. The zero-order valence-electron chi connectivity index (χ0n) is 9.70. The number of hydrogen-bond acceptors (Lipinski definition) is 4. The molecule has 2 rings (SSSR count). The molecule has 1 aromatic rings. The van der Waals surface area contributed by atoms with Gasteiger partial charge >= 0.3 is 5.97 Å². The zero-order chi connectivity index (χ0) is 12.3. The van der Waals surface area contributed by atoms with Crippen molar-refractivity contribution < 1.29 is 19.4 Å². The topological polar surface area (TPSA) is 55.8 Å². The van der Waals surface area contributed by atoms with E-state index in [1.54, 1.807) is 24.3 Å². The maximum atomic E-state index is 11.6. The molecule has 1 heterocycles. The summed E-state index contributed by atoms with van der Waals surface area (Å²) in [5.41, 5.74) is 0.527. The van der Waals surface area contributed by atoms with Gasteiger partial charge < -0.3 is 14.6 Å². The predicted molar refractivity (Wildman–Crippen MR) is 61.7 cm³/mol. The van der Waals surface area contributed by atoms with Gasteiger partial charge in [-0.05, 0) is 19.1 Å². The first kappa shape index (κ1) is 12.1. The average molecular weight is 236 g/mol. The van der Waals surface area contributed by atoms with E-state index in [-0.39, 0.29) is 24.8 Å². The van der Waals surface area contributed by atoms with E-state index in [1.165, 1.54) is 0 Å². The van der Waals surface area contributed by atoms with E-state index in [1.807, 2.05) is 13.0 Å². The molecule has 1 aliphatic heterocycles. The smallest absolute Gasteiger partial charge is 0.338 e. The third kappa shape index (κ3) is 3.05. The highest BCUT2D eigenvalue weighted by Crippen LogP contribution is 2.20. The van der Waals surface area contributed by atoms with Gasteiger partial charge in [0.05, 0.1) is 23.9 Å². The molecule has 17 heavy (non-hydrogen) atoms. The number of aliphatic hydroxyl groups excluding tert-OH is 1. The lowest BCUT2D eigenvalue weighted by Gasteiger charge is -2.11. The van der Waals surface area contributed by atoms with Crippen LogP contribution in [-0.4, -0.2) is 36.0 Å². The van der Waals surface area contributed by atoms with Crippen molar-refractivity contribution in [1.29, 1.82) is 0 Å². The van der Waals surface area contributed by atoms with E-state index in [2.05, 4.69) is 0 Å². The molecule has 92 valence electrons. The standard InChI is InChI=1S/C13H16O4/c1-9-12(14)7-11(17-9)8-16-13(15)10-5-3-2-4-6-10/h2-6,9,11-12,14H,7-8H2,1H3/t9-,11+,12-/m1/s1. The summed E-state index contributed by atoms with van der Waals surface area (Å²) in [5, 5.41) is 9.48. The Labute approximate surface area is 100 Å². The van der Waals surface area contributed by atoms with Crippen LogP contribution >= 0.6 is 0 Å². The number of rotatable bonds is 3. The highest BCUT2D eigenvalue weighted by atomic mass is 16.6. The Bertz CT molecular complexity index is 366. The molecule has 1 fully saturated rings. The minimum Gasteiger partial charge on any atom is -0.459 e. The quantitative estimate of drug-likeness (QED) is 0.806. The molecular weight excluding hydrogens is 220 g/mol. The summed E-state index contributed by atoms with van der Waals surface area (Å²) in [5.74, 6) is -0.358. The minimum atomic E-state index is -0.463. The lowest BCUT2D eigenvalue weighted by molar-refractivity contribution is -0.0127. The first-order valence-corrected chi connectivity index (χ1v) is 5.72. The van der Waals surface area contributed by atoms with Crippen LogP contribution in [0.25, 0.3) is 0 Å². The molecule has 0 spiro atoms. The highest BCUT2D eigenvalue weighted by molar-refractivity contribution is 5.89. The van der Waals surface area contributed by atoms with Gasteiger partial charge in [0.2, 0.25) is 0 Å². The second kappa shape index (κ2) is 5.29. The molecule has 0 saturated carbocycles. The van der Waals surface area contributed by atoms with Gasteiger partial charge in [-0.15, -0.1) is 0 Å². The van der Waals surface area contributed by atoms with Crippen LogP contribution in [0.5, 0.6) is 0 Å². The molecule has 1 saturated heterocycles. The average Bonchev–Trinajstić information content (AvgIpc) is 2.67. The van der Waals surface area contributed by atoms with Gasteiger partial charge in [-0.1, -0.05) is 18.2 Å². The van der Waals surface area contributed by atoms with Crippen molar-refractivity contribution in [2.45, 2.75) is 31.7 Å². The van der Waals surface area contributed by atoms with E-state index in [4.69, 9.17) is 9.47 Å². The minimum absolute atomic E-state index is 0.185. The maximum absolute atomic E-state index is 11.6. The molecule has 4 heteroatoms. The van der Waals surface area contributed by atoms with Crippen LogP contribution in [-0.2, 0) is 9.47 Å². The number of aliphatic hydroxyl groups is 1. The molecule has 4 nitrogen and oxygen atoms in total. The van der Waals surface area contributed by atoms with Crippen molar-refractivity contribution in [2.24, 2.45) is 0 Å². The van der Waals surface area contributed by atoms with E-state index >= 15 is 0 Å². The summed E-state index contributed by atoms with van der Waals surface area (Å²) in [7, 11) is 0. The lowest BCUT2D eigenvalue weighted by atomic mass is 10.1. The van der Waals surface area contributed by atoms with Gasteiger partial charge in [0.1, 0.15) is 6.61 Å². The molecule has 0 radical (unpaired) electrons. The number of carbonyl (C=O) groups is 1. The Morgan fingerprint density at radius 3 is 2.76 bits per heavy atom. The first-order valence-electron chi connectivity index (χ1n) is 5.72. The van der Waals surface area contributed by atoms with Crippen LogP contribution in [0.1, 0.15) is 23.7 Å². The molecule has 1 aromatic carbocycles. The summed E-state index contributed by atoms with van der Waals surface area (Å²) in [6, 6.07) is 8.82. The van der Waals surface area contributed by atoms with Gasteiger partial charge in [-0.3, -0.25) is 0 Å². The van der Waals surface area contributed by atoms with Crippen molar-refractivity contribution in [3.8, 4) is 0 Å². The summed E-state index contributed by atoms with van der Waals surface area (Å²) in [6.45, 7) is 2.00. The number of esters is 1. The SMILES string of the molecule is C[C@H]1O[C@H](COC(=O)c2ccccc2)C[C@H]1O. The second-order valence-corrected chi connectivity index (χ2v) is 4.23. The number of ether oxygens (including phenoxy) is 2. The Balaban J connectivity index is 1.81. The third-order valence-electron chi connectivity index (χ3n) is 2.86. The molecular formula is C13H16O4. The van der Waals surface area contributed by atoms with Gasteiger partial charge in [-0.2, -0.15) is 0 Å². The van der Waals surface area contributed by atoms with Crippen molar-refractivity contribution in [2.75, 3.05) is 6.61 Å². The monoisotopic (exact) mass is 236 g/mol. The Morgan fingerprint density at radius 1 is 1.47 bits per heavy atom. The van der Waals surface area contributed by atoms with Crippen LogP contribution < -0.4 is 0 Å². The van der Waals surface area contributed by atoms with Crippen molar-refractivity contribution in [3.05, 3.63) is 35.9 Å². The summed E-state index contributed by atoms with van der Waals surface area (Å²) < 4.78 is 10.6. The van der Waals surface area contributed by atoms with Crippen LogP contribution in [0, 0.1) is 0 Å². The second-order valence-electron chi connectivity index (χ2n) is 4.23. The summed E-state index contributed by atoms with van der Waals surface area (Å²) >= 11 is 0.